The number of carbonyl (C=O) groups excluding carboxylic acids is 1. The number of hydrogen-bond donors (Lipinski definition) is 3. The number of Topliss-reactive ketones (excluding diaryl/α,β-unsaturated/α-hetero) is 1. The van der Waals surface area contributed by atoms with Gasteiger partial charge in [-0.1, -0.05) is 171 Å². The molecule has 654 valence electrons. The third-order valence-corrected chi connectivity index (χ3v) is 34.7. The van der Waals surface area contributed by atoms with E-state index in [1.54, 1.807) is 39.6 Å². The molecule has 0 radical (unpaired) electrons. The number of benzene rings is 2. The maximum absolute atomic E-state index is 14.9. The average Bonchev–Trinajstić information content (AvgIpc) is 1.28. The van der Waals surface area contributed by atoms with Crippen LogP contribution in [0.25, 0.3) is 0 Å². The highest BCUT2D eigenvalue weighted by Crippen LogP contribution is 2.65. The standard InChI is InChI=1S/C33H45F7O3.C30H50F6O3Si2.C27H36FO2PSi/c1-21-23(19-24(41)20-26(21)34)11-10-22-9-6-17-30(5)25(22)12-13-27(30)29(4,15-7-14-28(2,3)42)16-8-18-31(43,32(35,36)37)33(38,39)40;1-25(2,38-40(5,6)7)17-12-18-26(3,24-16-15-22-23(37)14-11-20-27(22,24)4)19-13-21-28(29(31,32)33,30(34,35)36)39-41(8,9)10;1-21-22(19-23(20-26(21)28)30-32(5,6)27(2,3)4)17-18-31(29,24-13-9-7-10-14-24)25-15-11-8-12-16-25/h10-11,24-27,41-43H,1,6-7,9,12-17,19-20H2,2-5H3;22,24H,11-12,14-20H2,1-10H3;7-17,23,26H,1,18-20H2,2-6H3/b22-10+,23-11-;;22-17-/t24-,25?,26+,27-,29+,30+;22?,24-,26?,27+;23-,26+/m111/s1/i2D3,3D3;1D3,2D3;. The highest BCUT2D eigenvalue weighted by molar-refractivity contribution is 7.78. The van der Waals surface area contributed by atoms with Crippen LogP contribution in [0.4, 0.5) is 61.5 Å². The zero-order valence-electron chi connectivity index (χ0n) is 81.9. The summed E-state index contributed by atoms with van der Waals surface area (Å²) >= 11 is 0. The van der Waals surface area contributed by atoms with Gasteiger partial charge in [0.2, 0.25) is 0 Å². The van der Waals surface area contributed by atoms with Crippen molar-refractivity contribution < 1.29 is 116 Å². The van der Waals surface area contributed by atoms with Crippen LogP contribution in [0, 0.1) is 69.0 Å². The van der Waals surface area contributed by atoms with Crippen molar-refractivity contribution in [1.82, 2.24) is 0 Å². The van der Waals surface area contributed by atoms with Gasteiger partial charge in [-0.05, 0) is 255 Å². The average molecular weight is 1730 g/mol. The highest BCUT2D eigenvalue weighted by atomic mass is 31.2. The van der Waals surface area contributed by atoms with E-state index in [0.29, 0.717) is 94.4 Å². The fourth-order valence-corrected chi connectivity index (χ4v) is 24.8. The summed E-state index contributed by atoms with van der Waals surface area (Å²) in [5.74, 6) is 5.55. The SMILES string of the molecule is C=C1/C(=C\CP(=O)(c2ccccc2)c2ccccc2)C[C@@H](O[Si](C)(C)C(C)(C)C)C[C@@H]1F.[2H]C([2H])([2H])C(CCCC(C)(CC#CC(O[Si](C)(C)C)(C(F)(F)F)C(F)(F)F)[C@H]1CCC2C(=O)CCC[C@@]21C)(O[Si](C)(C)C)C([2H])([2H])[2H].[2H]C([2H])([2H])C(O)(CCC[C@@](C)(CC#CC(O)(C(F)(F)F)C(F)(F)F)[C@H]1CCC2/C(=C/C=C3/C[C@@H](O)C[C@H](F)C3=C)CCC[C@@]21C)C([2H])([2H])[2H]. The van der Waals surface area contributed by atoms with E-state index in [0.717, 1.165) is 27.7 Å². The molecule has 26 heteroatoms. The Morgan fingerprint density at radius 3 is 1.53 bits per heavy atom. The molecule has 6 saturated carbocycles. The van der Waals surface area contributed by atoms with Gasteiger partial charge in [0.15, 0.2) is 25.0 Å². The first-order valence-electron chi connectivity index (χ1n) is 46.1. The molecule has 3 unspecified atom stereocenters. The van der Waals surface area contributed by atoms with Gasteiger partial charge in [0, 0.05) is 71.2 Å². The molecule has 0 heterocycles. The molecule has 8 rings (SSSR count). The Morgan fingerprint density at radius 2 is 1.06 bits per heavy atom. The van der Waals surface area contributed by atoms with Crippen LogP contribution < -0.4 is 10.6 Å². The molecule has 2 aromatic carbocycles. The summed E-state index contributed by atoms with van der Waals surface area (Å²) in [5, 5.41) is 32.2. The van der Waals surface area contributed by atoms with Gasteiger partial charge in [-0.2, -0.15) is 52.7 Å². The molecule has 8 nitrogen and oxygen atoms in total. The Hall–Kier alpha value is -4.41. The van der Waals surface area contributed by atoms with E-state index in [2.05, 4.69) is 52.9 Å². The molecule has 3 N–H and O–H groups in total. The van der Waals surface area contributed by atoms with Gasteiger partial charge in [-0.15, -0.1) is 0 Å². The normalized spacial score (nSPS) is 29.2. The van der Waals surface area contributed by atoms with Crippen molar-refractivity contribution in [3.05, 3.63) is 120 Å². The predicted molar refractivity (Wildman–Crippen MR) is 445 cm³/mol. The van der Waals surface area contributed by atoms with Crippen LogP contribution in [-0.2, 0) is 22.6 Å². The van der Waals surface area contributed by atoms with E-state index < -0.39 is 178 Å². The number of aliphatic hydroxyl groups is 3. The van der Waals surface area contributed by atoms with Gasteiger partial charge >= 0.3 is 35.9 Å². The van der Waals surface area contributed by atoms with E-state index in [4.69, 9.17) is 29.7 Å². The maximum Gasteiger partial charge on any atom is 0.438 e. The number of halogens is 14. The van der Waals surface area contributed by atoms with Gasteiger partial charge in [0.25, 0.3) is 0 Å². The van der Waals surface area contributed by atoms with Crippen LogP contribution in [0.2, 0.25) is 57.4 Å². The molecule has 0 saturated heterocycles. The van der Waals surface area contributed by atoms with E-state index in [-0.39, 0.29) is 78.8 Å². The molecular formula is C90H131F14O8PSi3. The van der Waals surface area contributed by atoms with Gasteiger partial charge in [0.05, 0.1) is 23.4 Å². The number of ketones is 1. The summed E-state index contributed by atoms with van der Waals surface area (Å²) in [5.41, 5.74) is -15.9. The smallest absolute Gasteiger partial charge is 0.413 e. The van der Waals surface area contributed by atoms with E-state index in [1.807, 2.05) is 92.6 Å². The van der Waals surface area contributed by atoms with Crippen LogP contribution in [0.15, 0.2) is 120 Å². The third kappa shape index (κ3) is 24.7. The number of alkyl halides is 14. The number of hydrogen-bond acceptors (Lipinski definition) is 8. The minimum Gasteiger partial charge on any atom is -0.413 e. The molecule has 0 bridgehead atoms. The van der Waals surface area contributed by atoms with Crippen LogP contribution in [0.3, 0.4) is 0 Å². The summed E-state index contributed by atoms with van der Waals surface area (Å²) in [6.45, 7) is 21.8. The maximum atomic E-state index is 14.9. The van der Waals surface area contributed by atoms with Gasteiger partial charge in [0.1, 0.15) is 25.3 Å². The van der Waals surface area contributed by atoms with Gasteiger partial charge < -0.3 is 33.2 Å². The molecule has 0 aromatic heterocycles. The summed E-state index contributed by atoms with van der Waals surface area (Å²) in [4.78, 5) is 12.9. The van der Waals surface area contributed by atoms with Crippen molar-refractivity contribution in [3.63, 3.8) is 0 Å². The molecule has 0 spiro atoms. The molecular weight excluding hydrogens is 1590 g/mol. The zero-order valence-corrected chi connectivity index (χ0v) is 73.8. The Bertz CT molecular complexity index is 4350. The summed E-state index contributed by atoms with van der Waals surface area (Å²) in [6.07, 6.45) is -17.6. The van der Waals surface area contributed by atoms with Gasteiger partial charge in [-0.3, -0.25) is 4.79 Å². The predicted octanol–water partition coefficient (Wildman–Crippen LogP) is 25.0. The van der Waals surface area contributed by atoms with Crippen LogP contribution >= 0.6 is 7.14 Å². The largest absolute Gasteiger partial charge is 0.438 e. The first-order valence-corrected chi connectivity index (χ1v) is 51.7. The fourth-order valence-electron chi connectivity index (χ4n) is 18.5. The van der Waals surface area contributed by atoms with Crippen molar-refractivity contribution in [2.24, 2.45) is 45.3 Å². The lowest BCUT2D eigenvalue weighted by molar-refractivity contribution is -0.343. The summed E-state index contributed by atoms with van der Waals surface area (Å²) in [7, 11) is -11.2. The number of carbonyl (C=O) groups is 1. The first-order chi connectivity index (χ1) is 57.7. The van der Waals surface area contributed by atoms with E-state index >= 15 is 0 Å². The van der Waals surface area contributed by atoms with Crippen molar-refractivity contribution >= 4 is 48.5 Å². The second kappa shape index (κ2) is 37.3. The molecule has 6 aliphatic carbocycles. The monoisotopic (exact) mass is 1730 g/mol. The first kappa shape index (κ1) is 82.5. The second-order valence-electron chi connectivity index (χ2n) is 37.8. The molecule has 6 aliphatic rings. The van der Waals surface area contributed by atoms with Crippen molar-refractivity contribution in [2.75, 3.05) is 6.16 Å². The Kier molecular flexibility index (Phi) is 26.6. The lowest BCUT2D eigenvalue weighted by atomic mass is 9.55. The summed E-state index contributed by atoms with van der Waals surface area (Å²) < 4.78 is 322. The molecule has 0 amide bonds. The fraction of sp³-hybridized carbons (Fsp3) is 0.700. The Balaban J connectivity index is 0.000000303. The minimum atomic E-state index is -6.16. The highest BCUT2D eigenvalue weighted by Gasteiger charge is 2.74. The Morgan fingerprint density at radius 1 is 0.595 bits per heavy atom. The Labute approximate surface area is 702 Å². The number of aliphatic hydroxyl groups excluding tert-OH is 1. The molecule has 2 aromatic rings. The molecule has 6 fully saturated rings. The third-order valence-electron chi connectivity index (χ3n) is 25.3. The topological polar surface area (TPSA) is 123 Å². The second-order valence-corrected chi connectivity index (χ2v) is 54.3. The number of allylic oxidation sites excluding steroid dienone is 6. The molecule has 116 heavy (non-hydrogen) atoms. The molecule has 12 atom stereocenters. The minimum absolute atomic E-state index is 0.0335. The number of rotatable bonds is 23. The van der Waals surface area contributed by atoms with Crippen molar-refractivity contribution in [1.29, 1.82) is 0 Å². The van der Waals surface area contributed by atoms with E-state index in [1.165, 1.54) is 25.6 Å². The van der Waals surface area contributed by atoms with Crippen molar-refractivity contribution in [2.45, 2.75) is 346 Å². The van der Waals surface area contributed by atoms with Crippen LogP contribution in [0.1, 0.15) is 234 Å². The van der Waals surface area contributed by atoms with Crippen LogP contribution in [0.5, 0.6) is 0 Å². The quantitative estimate of drug-likeness (QED) is 0.0435. The zero-order chi connectivity index (χ0) is 98.1. The van der Waals surface area contributed by atoms with Gasteiger partial charge in [-0.25, -0.2) is 8.78 Å². The molecule has 0 aliphatic heterocycles. The lowest BCUT2D eigenvalue weighted by Gasteiger charge is -2.49. The van der Waals surface area contributed by atoms with Crippen LogP contribution in [-0.4, -0.2) is 124 Å². The lowest BCUT2D eigenvalue weighted by Crippen LogP contribution is -2.61. The van der Waals surface area contributed by atoms with E-state index in [9.17, 15) is 86.1 Å². The summed E-state index contributed by atoms with van der Waals surface area (Å²) in [6, 6.07) is 19.2. The van der Waals surface area contributed by atoms with Crippen molar-refractivity contribution in [3.8, 4) is 23.7 Å². The number of fused-ring (bicyclic) bond motifs is 2.